The Morgan fingerprint density at radius 2 is 2.05 bits per heavy atom. The Bertz CT molecular complexity index is 462. The molecule has 0 bridgehead atoms. The van der Waals surface area contributed by atoms with Crippen molar-refractivity contribution in [1.29, 1.82) is 0 Å². The molecule has 2 aliphatic carbocycles. The SMILES string of the molecule is COc1ccc2c(c1)C(NC1CCCCC1SC)CC2. The molecule has 0 aromatic heterocycles. The lowest BCUT2D eigenvalue weighted by atomic mass is 9.93. The van der Waals surface area contributed by atoms with Gasteiger partial charge in [-0.2, -0.15) is 11.8 Å². The van der Waals surface area contributed by atoms with Crippen molar-refractivity contribution in [3.63, 3.8) is 0 Å². The number of methoxy groups -OCH3 is 1. The molecule has 2 nitrogen and oxygen atoms in total. The van der Waals surface area contributed by atoms with Crippen molar-refractivity contribution in [2.45, 2.75) is 55.9 Å². The van der Waals surface area contributed by atoms with Crippen LogP contribution in [0.5, 0.6) is 5.75 Å². The van der Waals surface area contributed by atoms with Crippen LogP contribution in [0.3, 0.4) is 0 Å². The predicted molar refractivity (Wildman–Crippen MR) is 86.8 cm³/mol. The topological polar surface area (TPSA) is 21.3 Å². The van der Waals surface area contributed by atoms with Crippen molar-refractivity contribution in [1.82, 2.24) is 5.32 Å². The zero-order valence-electron chi connectivity index (χ0n) is 12.5. The Kier molecular flexibility index (Phi) is 4.57. The van der Waals surface area contributed by atoms with Gasteiger partial charge in [-0.05, 0) is 55.2 Å². The van der Waals surface area contributed by atoms with Crippen LogP contribution >= 0.6 is 11.8 Å². The molecule has 3 rings (SSSR count). The molecule has 3 unspecified atom stereocenters. The summed E-state index contributed by atoms with van der Waals surface area (Å²) >= 11 is 2.04. The molecule has 0 spiro atoms. The summed E-state index contributed by atoms with van der Waals surface area (Å²) in [5, 5.41) is 4.74. The first-order valence-electron chi connectivity index (χ1n) is 7.77. The van der Waals surface area contributed by atoms with Crippen LogP contribution in [0.15, 0.2) is 18.2 Å². The summed E-state index contributed by atoms with van der Waals surface area (Å²) < 4.78 is 5.39. The third kappa shape index (κ3) is 2.84. The molecule has 1 aromatic carbocycles. The average molecular weight is 291 g/mol. The fraction of sp³-hybridized carbons (Fsp3) is 0.647. The summed E-state index contributed by atoms with van der Waals surface area (Å²) in [5.74, 6) is 0.988. The summed E-state index contributed by atoms with van der Waals surface area (Å²) in [6, 6.07) is 7.77. The van der Waals surface area contributed by atoms with Gasteiger partial charge in [0.25, 0.3) is 0 Å². The van der Waals surface area contributed by atoms with E-state index in [2.05, 4.69) is 29.8 Å². The Hall–Kier alpha value is -0.670. The maximum Gasteiger partial charge on any atom is 0.119 e. The fourth-order valence-corrected chi connectivity index (χ4v) is 4.65. The number of nitrogens with one attached hydrogen (secondary N) is 1. The van der Waals surface area contributed by atoms with Gasteiger partial charge in [-0.15, -0.1) is 0 Å². The van der Waals surface area contributed by atoms with Crippen molar-refractivity contribution in [2.75, 3.05) is 13.4 Å². The van der Waals surface area contributed by atoms with E-state index in [9.17, 15) is 0 Å². The summed E-state index contributed by atoms with van der Waals surface area (Å²) in [4.78, 5) is 0. The summed E-state index contributed by atoms with van der Waals surface area (Å²) in [6.45, 7) is 0. The molecule has 1 saturated carbocycles. The van der Waals surface area contributed by atoms with E-state index in [1.54, 1.807) is 7.11 Å². The van der Waals surface area contributed by atoms with Gasteiger partial charge in [-0.3, -0.25) is 0 Å². The molecule has 110 valence electrons. The molecule has 0 aliphatic heterocycles. The second kappa shape index (κ2) is 6.40. The van der Waals surface area contributed by atoms with Crippen molar-refractivity contribution >= 4 is 11.8 Å². The minimum absolute atomic E-state index is 0.526. The first kappa shape index (κ1) is 14.3. The first-order valence-corrected chi connectivity index (χ1v) is 9.06. The molecular formula is C17H25NOS. The fourth-order valence-electron chi connectivity index (χ4n) is 3.71. The number of aryl methyl sites for hydroxylation is 1. The van der Waals surface area contributed by atoms with Gasteiger partial charge < -0.3 is 10.1 Å². The molecule has 0 amide bonds. The zero-order chi connectivity index (χ0) is 13.9. The lowest BCUT2D eigenvalue weighted by molar-refractivity contribution is 0.346. The molecule has 1 aromatic rings. The predicted octanol–water partition coefficient (Wildman–Crippen LogP) is 3.95. The van der Waals surface area contributed by atoms with Gasteiger partial charge in [0.2, 0.25) is 0 Å². The molecule has 0 radical (unpaired) electrons. The maximum atomic E-state index is 5.39. The second-order valence-electron chi connectivity index (χ2n) is 5.99. The standard InChI is InChI=1S/C17H25NOS/c1-19-13-9-7-12-8-10-15(14(12)11-13)18-16-5-3-4-6-17(16)20-2/h7,9,11,15-18H,3-6,8,10H2,1-2H3. The molecular weight excluding hydrogens is 266 g/mol. The van der Waals surface area contributed by atoms with Gasteiger partial charge in [-0.25, -0.2) is 0 Å². The largest absolute Gasteiger partial charge is 0.497 e. The molecule has 3 atom stereocenters. The summed E-state index contributed by atoms with van der Waals surface area (Å²) in [7, 11) is 1.75. The van der Waals surface area contributed by atoms with Crippen LogP contribution in [0.25, 0.3) is 0 Å². The summed E-state index contributed by atoms with van der Waals surface area (Å²) in [6.07, 6.45) is 10.2. The highest BCUT2D eigenvalue weighted by Gasteiger charge is 2.30. The van der Waals surface area contributed by atoms with E-state index in [-0.39, 0.29) is 0 Å². The number of hydrogen-bond acceptors (Lipinski definition) is 3. The van der Waals surface area contributed by atoms with E-state index in [1.165, 1.54) is 49.7 Å². The normalized spacial score (nSPS) is 29.2. The van der Waals surface area contributed by atoms with Crippen LogP contribution < -0.4 is 10.1 Å². The second-order valence-corrected chi connectivity index (χ2v) is 7.06. The third-order valence-electron chi connectivity index (χ3n) is 4.85. The third-order valence-corrected chi connectivity index (χ3v) is 6.02. The van der Waals surface area contributed by atoms with Crippen molar-refractivity contribution < 1.29 is 4.74 Å². The highest BCUT2D eigenvalue weighted by molar-refractivity contribution is 7.99. The average Bonchev–Trinajstić information content (AvgIpc) is 2.90. The number of benzene rings is 1. The number of thioether (sulfide) groups is 1. The number of ether oxygens (including phenoxy) is 1. The molecule has 0 heterocycles. The van der Waals surface area contributed by atoms with Crippen LogP contribution in [-0.4, -0.2) is 24.7 Å². The first-order chi connectivity index (χ1) is 9.81. The zero-order valence-corrected chi connectivity index (χ0v) is 13.3. The van der Waals surface area contributed by atoms with E-state index in [0.29, 0.717) is 12.1 Å². The van der Waals surface area contributed by atoms with Crippen molar-refractivity contribution in [3.05, 3.63) is 29.3 Å². The van der Waals surface area contributed by atoms with Gasteiger partial charge in [0.05, 0.1) is 7.11 Å². The monoisotopic (exact) mass is 291 g/mol. The van der Waals surface area contributed by atoms with Crippen molar-refractivity contribution in [3.8, 4) is 5.75 Å². The van der Waals surface area contributed by atoms with E-state index in [4.69, 9.17) is 4.74 Å². The highest BCUT2D eigenvalue weighted by Crippen LogP contribution is 2.36. The molecule has 1 fully saturated rings. The van der Waals surface area contributed by atoms with Gasteiger partial charge in [0, 0.05) is 17.3 Å². The highest BCUT2D eigenvalue weighted by atomic mass is 32.2. The van der Waals surface area contributed by atoms with Crippen LogP contribution in [0.2, 0.25) is 0 Å². The molecule has 0 saturated heterocycles. The van der Waals surface area contributed by atoms with Crippen LogP contribution in [0, 0.1) is 0 Å². The lowest BCUT2D eigenvalue weighted by Gasteiger charge is -2.33. The van der Waals surface area contributed by atoms with Gasteiger partial charge >= 0.3 is 0 Å². The van der Waals surface area contributed by atoms with Crippen LogP contribution in [-0.2, 0) is 6.42 Å². The smallest absolute Gasteiger partial charge is 0.119 e. The van der Waals surface area contributed by atoms with Crippen LogP contribution in [0.1, 0.15) is 49.3 Å². The Balaban J connectivity index is 1.73. The Morgan fingerprint density at radius 1 is 1.20 bits per heavy atom. The van der Waals surface area contributed by atoms with Gasteiger partial charge in [0.1, 0.15) is 5.75 Å². The van der Waals surface area contributed by atoms with Crippen molar-refractivity contribution in [2.24, 2.45) is 0 Å². The number of fused-ring (bicyclic) bond motifs is 1. The quantitative estimate of drug-likeness (QED) is 0.907. The summed E-state index contributed by atoms with van der Waals surface area (Å²) in [5.41, 5.74) is 2.97. The maximum absolute atomic E-state index is 5.39. The Labute approximate surface area is 126 Å². The minimum atomic E-state index is 0.526. The number of rotatable bonds is 4. The molecule has 1 N–H and O–H groups in total. The molecule has 20 heavy (non-hydrogen) atoms. The van der Waals surface area contributed by atoms with Crippen LogP contribution in [0.4, 0.5) is 0 Å². The van der Waals surface area contributed by atoms with Gasteiger partial charge in [0.15, 0.2) is 0 Å². The molecule has 2 aliphatic rings. The Morgan fingerprint density at radius 3 is 2.85 bits per heavy atom. The minimum Gasteiger partial charge on any atom is -0.497 e. The van der Waals surface area contributed by atoms with Gasteiger partial charge in [-0.1, -0.05) is 18.9 Å². The van der Waals surface area contributed by atoms with E-state index >= 15 is 0 Å². The van der Waals surface area contributed by atoms with E-state index in [1.807, 2.05) is 11.8 Å². The molecule has 3 heteroatoms. The van der Waals surface area contributed by atoms with E-state index in [0.717, 1.165) is 11.0 Å². The lowest BCUT2D eigenvalue weighted by Crippen LogP contribution is -2.41. The van der Waals surface area contributed by atoms with E-state index < -0.39 is 0 Å². The number of hydrogen-bond donors (Lipinski definition) is 1.